The highest BCUT2D eigenvalue weighted by Crippen LogP contribution is 2.17. The molecule has 0 saturated carbocycles. The van der Waals surface area contributed by atoms with Gasteiger partial charge in [-0.1, -0.05) is 0 Å². The molecule has 2 N–H and O–H groups in total. The number of aromatic nitrogens is 1. The van der Waals surface area contributed by atoms with Gasteiger partial charge < -0.3 is 10.4 Å². The third-order valence-corrected chi connectivity index (χ3v) is 2.14. The van der Waals surface area contributed by atoms with Crippen molar-refractivity contribution in [2.75, 3.05) is 11.9 Å². The zero-order chi connectivity index (χ0) is 9.84. The summed E-state index contributed by atoms with van der Waals surface area (Å²) in [5.74, 6) is 0.824. The molecule has 0 aliphatic rings. The van der Waals surface area contributed by atoms with Crippen LogP contribution in [-0.2, 0) is 0 Å². The smallest absolute Gasteiger partial charge is 0.129 e. The molecule has 0 unspecified atom stereocenters. The molecule has 4 heteroatoms. The lowest BCUT2D eigenvalue weighted by Crippen LogP contribution is -2.20. The van der Waals surface area contributed by atoms with Crippen LogP contribution in [0.15, 0.2) is 16.7 Å². The van der Waals surface area contributed by atoms with Gasteiger partial charge in [-0.05, 0) is 41.4 Å². The van der Waals surface area contributed by atoms with Gasteiger partial charge in [0.1, 0.15) is 5.82 Å². The maximum Gasteiger partial charge on any atom is 0.129 e. The lowest BCUT2D eigenvalue weighted by atomic mass is 10.2. The summed E-state index contributed by atoms with van der Waals surface area (Å²) < 4.78 is 0.965. The number of hydrogen-bond donors (Lipinski definition) is 2. The second-order valence-electron chi connectivity index (χ2n) is 3.05. The van der Waals surface area contributed by atoms with Crippen LogP contribution in [0.2, 0.25) is 0 Å². The molecular weight excluding hydrogens is 232 g/mol. The zero-order valence-electron chi connectivity index (χ0n) is 7.71. The zero-order valence-corrected chi connectivity index (χ0v) is 9.30. The summed E-state index contributed by atoms with van der Waals surface area (Å²) in [6, 6.07) is 2.02. The van der Waals surface area contributed by atoms with Crippen LogP contribution in [0.4, 0.5) is 5.82 Å². The summed E-state index contributed by atoms with van der Waals surface area (Å²) in [5.41, 5.74) is 1.06. The SMILES string of the molecule is Cc1cc(Br)cnc1N[C@@H](C)CO. The van der Waals surface area contributed by atoms with Crippen molar-refractivity contribution in [1.29, 1.82) is 0 Å². The number of aliphatic hydroxyl groups excluding tert-OH is 1. The van der Waals surface area contributed by atoms with Crippen LogP contribution in [0.5, 0.6) is 0 Å². The van der Waals surface area contributed by atoms with E-state index in [1.807, 2.05) is 19.9 Å². The highest BCUT2D eigenvalue weighted by molar-refractivity contribution is 9.10. The molecule has 3 nitrogen and oxygen atoms in total. The lowest BCUT2D eigenvalue weighted by Gasteiger charge is -2.13. The molecule has 0 amide bonds. The third-order valence-electron chi connectivity index (χ3n) is 1.70. The number of anilines is 1. The number of nitrogens with zero attached hydrogens (tertiary/aromatic N) is 1. The normalized spacial score (nSPS) is 12.6. The van der Waals surface area contributed by atoms with Crippen LogP contribution in [0.25, 0.3) is 0 Å². The Kier molecular flexibility index (Phi) is 3.69. The number of aliphatic hydroxyl groups is 1. The van der Waals surface area contributed by atoms with Crippen molar-refractivity contribution < 1.29 is 5.11 Å². The molecule has 0 aromatic carbocycles. The Morgan fingerprint density at radius 2 is 2.38 bits per heavy atom. The fraction of sp³-hybridized carbons (Fsp3) is 0.444. The van der Waals surface area contributed by atoms with Gasteiger partial charge in [0.15, 0.2) is 0 Å². The Morgan fingerprint density at radius 3 is 2.92 bits per heavy atom. The molecule has 1 atom stereocenters. The summed E-state index contributed by atoms with van der Waals surface area (Å²) in [6.45, 7) is 3.99. The largest absolute Gasteiger partial charge is 0.394 e. The van der Waals surface area contributed by atoms with E-state index < -0.39 is 0 Å². The Bertz CT molecular complexity index is 291. The van der Waals surface area contributed by atoms with E-state index in [9.17, 15) is 0 Å². The van der Waals surface area contributed by atoms with Gasteiger partial charge >= 0.3 is 0 Å². The monoisotopic (exact) mass is 244 g/mol. The molecule has 0 fully saturated rings. The van der Waals surface area contributed by atoms with Crippen molar-refractivity contribution in [3.63, 3.8) is 0 Å². The molecule has 0 bridgehead atoms. The molecule has 13 heavy (non-hydrogen) atoms. The predicted octanol–water partition coefficient (Wildman–Crippen LogP) is 1.95. The summed E-state index contributed by atoms with van der Waals surface area (Å²) >= 11 is 3.34. The first-order valence-electron chi connectivity index (χ1n) is 4.13. The molecule has 1 rings (SSSR count). The van der Waals surface area contributed by atoms with Crippen LogP contribution in [-0.4, -0.2) is 22.7 Å². The average molecular weight is 245 g/mol. The minimum Gasteiger partial charge on any atom is -0.394 e. The Balaban J connectivity index is 2.77. The van der Waals surface area contributed by atoms with Gasteiger partial charge in [-0.15, -0.1) is 0 Å². The van der Waals surface area contributed by atoms with E-state index >= 15 is 0 Å². The summed E-state index contributed by atoms with van der Waals surface area (Å²) in [4.78, 5) is 4.20. The fourth-order valence-corrected chi connectivity index (χ4v) is 1.42. The van der Waals surface area contributed by atoms with Crippen molar-refractivity contribution in [1.82, 2.24) is 4.98 Å². The minimum atomic E-state index is 0.0346. The van der Waals surface area contributed by atoms with Crippen LogP contribution in [0.3, 0.4) is 0 Å². The summed E-state index contributed by atoms with van der Waals surface area (Å²) in [5, 5.41) is 11.9. The quantitative estimate of drug-likeness (QED) is 0.855. The van der Waals surface area contributed by atoms with Gasteiger partial charge in [0.2, 0.25) is 0 Å². The molecule has 0 aliphatic carbocycles. The number of rotatable bonds is 3. The van der Waals surface area contributed by atoms with Crippen molar-refractivity contribution >= 4 is 21.7 Å². The van der Waals surface area contributed by atoms with E-state index in [2.05, 4.69) is 26.2 Å². The van der Waals surface area contributed by atoms with Gasteiger partial charge in [0, 0.05) is 16.7 Å². The van der Waals surface area contributed by atoms with E-state index in [-0.39, 0.29) is 12.6 Å². The van der Waals surface area contributed by atoms with Gasteiger partial charge in [-0.2, -0.15) is 0 Å². The second-order valence-corrected chi connectivity index (χ2v) is 3.96. The van der Waals surface area contributed by atoms with E-state index in [1.54, 1.807) is 6.20 Å². The number of halogens is 1. The van der Waals surface area contributed by atoms with Crippen LogP contribution in [0, 0.1) is 6.92 Å². The highest BCUT2D eigenvalue weighted by atomic mass is 79.9. The van der Waals surface area contributed by atoms with E-state index in [0.717, 1.165) is 15.9 Å². The third kappa shape index (κ3) is 2.97. The van der Waals surface area contributed by atoms with Crippen molar-refractivity contribution in [2.45, 2.75) is 19.9 Å². The first kappa shape index (κ1) is 10.5. The number of nitrogens with one attached hydrogen (secondary N) is 1. The topological polar surface area (TPSA) is 45.2 Å². The highest BCUT2D eigenvalue weighted by Gasteiger charge is 2.03. The second kappa shape index (κ2) is 4.58. The van der Waals surface area contributed by atoms with Crippen LogP contribution >= 0.6 is 15.9 Å². The molecule has 1 aromatic heterocycles. The number of pyridine rings is 1. The number of aryl methyl sites for hydroxylation is 1. The molecule has 72 valence electrons. The predicted molar refractivity (Wildman–Crippen MR) is 56.8 cm³/mol. The first-order chi connectivity index (χ1) is 6.13. The Hall–Kier alpha value is -0.610. The lowest BCUT2D eigenvalue weighted by molar-refractivity contribution is 0.281. The van der Waals surface area contributed by atoms with Gasteiger partial charge in [-0.3, -0.25) is 0 Å². The van der Waals surface area contributed by atoms with Crippen LogP contribution in [0.1, 0.15) is 12.5 Å². The van der Waals surface area contributed by atoms with Crippen LogP contribution < -0.4 is 5.32 Å². The van der Waals surface area contributed by atoms with Gasteiger partial charge in [0.05, 0.1) is 6.61 Å². The first-order valence-corrected chi connectivity index (χ1v) is 4.92. The van der Waals surface area contributed by atoms with Gasteiger partial charge in [0.25, 0.3) is 0 Å². The molecule has 0 saturated heterocycles. The average Bonchev–Trinajstić information content (AvgIpc) is 2.09. The van der Waals surface area contributed by atoms with E-state index in [1.165, 1.54) is 0 Å². The molecule has 0 spiro atoms. The molecular formula is C9H13BrN2O. The summed E-state index contributed by atoms with van der Waals surface area (Å²) in [7, 11) is 0. The Morgan fingerprint density at radius 1 is 1.69 bits per heavy atom. The maximum atomic E-state index is 8.84. The minimum absolute atomic E-state index is 0.0346. The molecule has 1 heterocycles. The van der Waals surface area contributed by atoms with E-state index in [4.69, 9.17) is 5.11 Å². The van der Waals surface area contributed by atoms with Gasteiger partial charge in [-0.25, -0.2) is 4.98 Å². The molecule has 1 aromatic rings. The maximum absolute atomic E-state index is 8.84. The molecule has 0 radical (unpaired) electrons. The van der Waals surface area contributed by atoms with E-state index in [0.29, 0.717) is 0 Å². The fourth-order valence-electron chi connectivity index (χ4n) is 0.971. The summed E-state index contributed by atoms with van der Waals surface area (Å²) in [6.07, 6.45) is 1.74. The standard InChI is InChI=1S/C9H13BrN2O/c1-6-3-8(10)4-11-9(6)12-7(2)5-13/h3-4,7,13H,5H2,1-2H3,(H,11,12)/t7-/m0/s1. The van der Waals surface area contributed by atoms with Crippen molar-refractivity contribution in [3.05, 3.63) is 22.3 Å². The van der Waals surface area contributed by atoms with Crippen molar-refractivity contribution in [3.8, 4) is 0 Å². The Labute approximate surface area is 86.3 Å². The molecule has 0 aliphatic heterocycles. The number of hydrogen-bond acceptors (Lipinski definition) is 3. The van der Waals surface area contributed by atoms with Crippen molar-refractivity contribution in [2.24, 2.45) is 0 Å².